The average Bonchev–Trinajstić information content (AvgIpc) is 4.23. The first kappa shape index (κ1) is 52.7. The van der Waals surface area contributed by atoms with Crippen LogP contribution in [0.1, 0.15) is 139 Å². The maximum absolute atomic E-state index is 15.0. The lowest BCUT2D eigenvalue weighted by atomic mass is 9.95. The van der Waals surface area contributed by atoms with Crippen LogP contribution in [0.3, 0.4) is 0 Å². The van der Waals surface area contributed by atoms with Gasteiger partial charge in [0, 0.05) is 41.3 Å². The van der Waals surface area contributed by atoms with Gasteiger partial charge < -0.3 is 14.5 Å². The number of rotatable bonds is 20. The lowest BCUT2D eigenvalue weighted by Crippen LogP contribution is -2.38. The number of anilines is 2. The summed E-state index contributed by atoms with van der Waals surface area (Å²) in [6.45, 7) is 12.5. The number of unbranched alkanes of at least 4 members (excludes halogenated alkanes) is 2. The predicted octanol–water partition coefficient (Wildman–Crippen LogP) is 13.4. The zero-order valence-corrected chi connectivity index (χ0v) is 46.4. The summed E-state index contributed by atoms with van der Waals surface area (Å²) in [6.07, 6.45) is 16.3. The van der Waals surface area contributed by atoms with Crippen LogP contribution in [-0.4, -0.2) is 62.8 Å². The molecule has 2 saturated heterocycles. The number of hydrogen-bond acceptors (Lipinski definition) is 10. The Bertz CT molecular complexity index is 2990. The number of esters is 1. The molecule has 1 saturated carbocycles. The highest BCUT2D eigenvalue weighted by Crippen LogP contribution is 2.53. The van der Waals surface area contributed by atoms with Gasteiger partial charge in [-0.15, -0.1) is 11.3 Å². The van der Waals surface area contributed by atoms with E-state index in [1.807, 2.05) is 16.4 Å². The molecule has 3 aliphatic heterocycles. The second-order valence-electron chi connectivity index (χ2n) is 20.0. The number of ether oxygens (including phenoxy) is 1. The maximum Gasteiger partial charge on any atom is 0.325 e. The number of nitrogens with zero attached hydrogens (tertiary/aromatic N) is 4. The SMILES string of the molecule is CCCCC(CC)CN1C(=O)/C(=c2\s/c(=C3\S/C(=C\c4ccc5c(c4)C4CCCC4N5c4ccc(C=C(c5ccccc5)c5ccccc5)cc4)CN3CC(=O)OCC)c(=O)n2CC(CC)CCCC)SC1=S. The highest BCUT2D eigenvalue weighted by atomic mass is 32.2. The Hall–Kier alpha value is -5.14. The van der Waals surface area contributed by atoms with Crippen molar-refractivity contribution in [3.63, 3.8) is 0 Å². The first-order valence-corrected chi connectivity index (χ1v) is 29.6. The number of benzene rings is 4. The number of amides is 1. The molecule has 4 aliphatic rings. The van der Waals surface area contributed by atoms with Gasteiger partial charge in [-0.05, 0) is 114 Å². The molecule has 4 aromatic carbocycles. The van der Waals surface area contributed by atoms with Gasteiger partial charge >= 0.3 is 5.97 Å². The van der Waals surface area contributed by atoms with Gasteiger partial charge in [-0.25, -0.2) is 0 Å². The topological polar surface area (TPSA) is 75.1 Å². The van der Waals surface area contributed by atoms with Crippen molar-refractivity contribution in [1.29, 1.82) is 0 Å². The number of thioether (sulfide) groups is 2. The van der Waals surface area contributed by atoms with Crippen LogP contribution >= 0.6 is 47.1 Å². The minimum Gasteiger partial charge on any atom is -0.465 e. The van der Waals surface area contributed by atoms with Gasteiger partial charge in [0.2, 0.25) is 0 Å². The van der Waals surface area contributed by atoms with E-state index in [0.717, 1.165) is 85.3 Å². The molecule has 4 heterocycles. The Morgan fingerprint density at radius 1 is 0.795 bits per heavy atom. The second kappa shape index (κ2) is 24.5. The molecule has 4 atom stereocenters. The van der Waals surface area contributed by atoms with Crippen molar-refractivity contribution >= 4 is 102 Å². The summed E-state index contributed by atoms with van der Waals surface area (Å²) in [6, 6.07) is 37.5. The fourth-order valence-corrected chi connectivity index (χ4v) is 15.0. The highest BCUT2D eigenvalue weighted by Gasteiger charge is 2.42. The first-order valence-electron chi connectivity index (χ1n) is 26.8. The molecule has 1 aromatic heterocycles. The third kappa shape index (κ3) is 11.7. The van der Waals surface area contributed by atoms with E-state index >= 15 is 4.79 Å². The zero-order valence-electron chi connectivity index (χ0n) is 43.1. The summed E-state index contributed by atoms with van der Waals surface area (Å²) in [5.41, 5.74) is 9.58. The quantitative estimate of drug-likeness (QED) is 0.0430. The van der Waals surface area contributed by atoms with Gasteiger partial charge in [0.25, 0.3) is 11.5 Å². The van der Waals surface area contributed by atoms with Crippen LogP contribution in [0.25, 0.3) is 27.7 Å². The van der Waals surface area contributed by atoms with Crippen molar-refractivity contribution < 1.29 is 14.3 Å². The van der Waals surface area contributed by atoms with E-state index < -0.39 is 0 Å². The highest BCUT2D eigenvalue weighted by molar-refractivity contribution is 8.30. The Labute approximate surface area is 450 Å². The van der Waals surface area contributed by atoms with E-state index in [9.17, 15) is 9.59 Å². The molecule has 4 unspecified atom stereocenters. The van der Waals surface area contributed by atoms with E-state index in [2.05, 4.69) is 148 Å². The molecule has 1 aliphatic carbocycles. The Morgan fingerprint density at radius 2 is 1.45 bits per heavy atom. The molecule has 9 rings (SSSR count). The Morgan fingerprint density at radius 3 is 2.10 bits per heavy atom. The van der Waals surface area contributed by atoms with E-state index in [-0.39, 0.29) is 36.5 Å². The van der Waals surface area contributed by atoms with Gasteiger partial charge in [-0.1, -0.05) is 187 Å². The minimum absolute atomic E-state index is 0.0177. The third-order valence-electron chi connectivity index (χ3n) is 15.1. The van der Waals surface area contributed by atoms with Crippen molar-refractivity contribution in [3.05, 3.63) is 155 Å². The molecule has 8 nitrogen and oxygen atoms in total. The van der Waals surface area contributed by atoms with Gasteiger partial charge in [-0.3, -0.25) is 23.9 Å². The fourth-order valence-electron chi connectivity index (χ4n) is 11.1. The lowest BCUT2D eigenvalue weighted by molar-refractivity contribution is -0.143. The fraction of sp³-hybridized carbons (Fsp3) is 0.410. The summed E-state index contributed by atoms with van der Waals surface area (Å²) in [5.74, 6) is 0.629. The summed E-state index contributed by atoms with van der Waals surface area (Å²) in [5, 5.41) is 0.734. The van der Waals surface area contributed by atoms with E-state index in [0.29, 0.717) is 55.9 Å². The van der Waals surface area contributed by atoms with Crippen molar-refractivity contribution in [2.75, 3.05) is 31.1 Å². The number of hydrogen-bond donors (Lipinski definition) is 0. The summed E-state index contributed by atoms with van der Waals surface area (Å²) < 4.78 is 9.15. The van der Waals surface area contributed by atoms with Crippen LogP contribution in [0.15, 0.2) is 113 Å². The number of aromatic nitrogens is 1. The van der Waals surface area contributed by atoms with Crippen molar-refractivity contribution in [2.45, 2.75) is 124 Å². The zero-order chi connectivity index (χ0) is 51.0. The van der Waals surface area contributed by atoms with Gasteiger partial charge in [-0.2, -0.15) is 0 Å². The van der Waals surface area contributed by atoms with E-state index in [1.54, 1.807) is 16.7 Å². The third-order valence-corrected chi connectivity index (χ3v) is 19.1. The summed E-state index contributed by atoms with van der Waals surface area (Å²) >= 11 is 10.2. The number of thiazole rings is 1. The van der Waals surface area contributed by atoms with Crippen LogP contribution in [0.4, 0.5) is 11.4 Å². The molecule has 0 bridgehead atoms. The standard InChI is InChI=1S/C61H70N4O4S4/c1-6-11-20-41(8-3)37-63-57(67)55(72-60(63)56-58(68)64(61(70)73-56)38-42(9-4)21-12-7-2)59-62(40-54(66)69-10-5)39-48(71-59)34-44-30-33-53-51(36-44)49-26-19-27-52(49)65(53)47-31-28-43(29-32-47)35-50(45-22-15-13-16-23-45)46-24-17-14-18-25-46/h13-18,22-25,28-36,41-42,49,52H,6-12,19-21,26-27,37-40H2,1-5H3/b48-34-,59-55-,60-56+. The largest absolute Gasteiger partial charge is 0.465 e. The Balaban J connectivity index is 1.06. The normalized spacial score (nSPS) is 20.2. The molecule has 5 aromatic rings. The van der Waals surface area contributed by atoms with Crippen molar-refractivity contribution in [1.82, 2.24) is 14.4 Å². The number of carbonyl (C=O) groups is 2. The second-order valence-corrected chi connectivity index (χ2v) is 23.7. The van der Waals surface area contributed by atoms with Gasteiger partial charge in [0.15, 0.2) is 0 Å². The van der Waals surface area contributed by atoms with E-state index in [4.69, 9.17) is 17.0 Å². The smallest absolute Gasteiger partial charge is 0.325 e. The van der Waals surface area contributed by atoms with Crippen LogP contribution in [0.2, 0.25) is 0 Å². The van der Waals surface area contributed by atoms with Crippen LogP contribution in [-0.2, 0) is 20.9 Å². The molecular weight excluding hydrogens is 981 g/mol. The number of fused-ring (bicyclic) bond motifs is 3. The molecule has 0 spiro atoms. The molecule has 0 N–H and O–H groups in total. The van der Waals surface area contributed by atoms with Gasteiger partial charge in [0.1, 0.15) is 25.0 Å². The molecule has 3 fully saturated rings. The van der Waals surface area contributed by atoms with Crippen LogP contribution < -0.4 is 19.7 Å². The Kier molecular flexibility index (Phi) is 17.7. The molecule has 382 valence electrons. The first-order chi connectivity index (χ1) is 35.6. The van der Waals surface area contributed by atoms with Crippen molar-refractivity contribution in [3.8, 4) is 0 Å². The molecule has 12 heteroatoms. The maximum atomic E-state index is 15.0. The molecular formula is C61H70N4O4S4. The van der Waals surface area contributed by atoms with E-state index in [1.165, 1.54) is 63.2 Å². The van der Waals surface area contributed by atoms with Gasteiger partial charge in [0.05, 0.1) is 18.2 Å². The summed E-state index contributed by atoms with van der Waals surface area (Å²) in [4.78, 5) is 50.7. The van der Waals surface area contributed by atoms with Crippen LogP contribution in [0.5, 0.6) is 0 Å². The minimum atomic E-state index is -0.336. The number of thiocarbonyl (C=S) groups is 1. The van der Waals surface area contributed by atoms with Crippen molar-refractivity contribution in [2.24, 2.45) is 11.8 Å². The molecule has 0 radical (unpaired) electrons. The predicted molar refractivity (Wildman–Crippen MR) is 312 cm³/mol. The molecule has 1 amide bonds. The molecule has 73 heavy (non-hydrogen) atoms. The summed E-state index contributed by atoms with van der Waals surface area (Å²) in [7, 11) is 0. The number of carbonyl (C=O) groups excluding carboxylic acids is 2. The average molecular weight is 1050 g/mol. The monoisotopic (exact) mass is 1050 g/mol. The van der Waals surface area contributed by atoms with Crippen LogP contribution in [0, 0.1) is 11.8 Å². The lowest BCUT2D eigenvalue weighted by Gasteiger charge is -2.27.